The van der Waals surface area contributed by atoms with E-state index in [9.17, 15) is 9.59 Å². The Hall–Kier alpha value is -2.12. The summed E-state index contributed by atoms with van der Waals surface area (Å²) in [6.45, 7) is 2.49. The van der Waals surface area contributed by atoms with E-state index in [1.165, 1.54) is 16.5 Å². The number of carbonyl (C=O) groups excluding carboxylic acids is 1. The van der Waals surface area contributed by atoms with Crippen LogP contribution in [0, 0.1) is 6.92 Å². The summed E-state index contributed by atoms with van der Waals surface area (Å²) in [6.07, 6.45) is 1.45. The Labute approximate surface area is 154 Å². The molecule has 2 heterocycles. The van der Waals surface area contributed by atoms with Crippen molar-refractivity contribution in [3.05, 3.63) is 62.8 Å². The first kappa shape index (κ1) is 17.7. The van der Waals surface area contributed by atoms with Gasteiger partial charge in [0.25, 0.3) is 5.56 Å². The predicted molar refractivity (Wildman–Crippen MR) is 104 cm³/mol. The zero-order chi connectivity index (χ0) is 17.6. The number of para-hydroxylation sites is 1. The minimum Gasteiger partial charge on any atom is -0.354 e. The van der Waals surface area contributed by atoms with Gasteiger partial charge in [-0.1, -0.05) is 12.1 Å². The molecule has 0 aliphatic carbocycles. The molecule has 130 valence electrons. The SMILES string of the molecule is Cc1cccc2c(=O)n(CC(=O)NCCSCc3ccsc3)cnc12. The van der Waals surface area contributed by atoms with E-state index >= 15 is 0 Å². The van der Waals surface area contributed by atoms with Crippen LogP contribution in [-0.2, 0) is 17.1 Å². The fourth-order valence-electron chi connectivity index (χ4n) is 2.49. The van der Waals surface area contributed by atoms with Crippen molar-refractivity contribution in [2.45, 2.75) is 19.2 Å². The lowest BCUT2D eigenvalue weighted by Gasteiger charge is -2.08. The van der Waals surface area contributed by atoms with Crippen LogP contribution in [0.25, 0.3) is 10.9 Å². The van der Waals surface area contributed by atoms with Crippen molar-refractivity contribution in [1.29, 1.82) is 0 Å². The minimum atomic E-state index is -0.185. The van der Waals surface area contributed by atoms with Crippen molar-refractivity contribution in [3.8, 4) is 0 Å². The molecule has 25 heavy (non-hydrogen) atoms. The molecule has 0 bridgehead atoms. The summed E-state index contributed by atoms with van der Waals surface area (Å²) in [5.74, 6) is 1.62. The van der Waals surface area contributed by atoms with Crippen LogP contribution in [0.3, 0.4) is 0 Å². The number of nitrogens with zero attached hydrogens (tertiary/aromatic N) is 2. The number of rotatable bonds is 7. The van der Waals surface area contributed by atoms with Crippen LogP contribution >= 0.6 is 23.1 Å². The third-order valence-electron chi connectivity index (χ3n) is 3.79. The Morgan fingerprint density at radius 3 is 3.04 bits per heavy atom. The Kier molecular flexibility index (Phi) is 5.88. The Bertz CT molecular complexity index is 920. The van der Waals surface area contributed by atoms with Gasteiger partial charge in [0.1, 0.15) is 6.54 Å². The largest absolute Gasteiger partial charge is 0.354 e. The number of thiophene rings is 1. The van der Waals surface area contributed by atoms with Crippen LogP contribution in [0.1, 0.15) is 11.1 Å². The summed E-state index contributed by atoms with van der Waals surface area (Å²) in [6, 6.07) is 7.60. The molecule has 0 saturated carbocycles. The van der Waals surface area contributed by atoms with Crippen molar-refractivity contribution in [2.75, 3.05) is 12.3 Å². The second kappa shape index (κ2) is 8.31. The molecule has 3 aromatic rings. The van der Waals surface area contributed by atoms with E-state index in [1.54, 1.807) is 29.2 Å². The minimum absolute atomic E-state index is 0.00902. The maximum atomic E-state index is 12.5. The van der Waals surface area contributed by atoms with Gasteiger partial charge in [0.15, 0.2) is 0 Å². The topological polar surface area (TPSA) is 64.0 Å². The molecule has 0 atom stereocenters. The normalized spacial score (nSPS) is 10.9. The monoisotopic (exact) mass is 373 g/mol. The van der Waals surface area contributed by atoms with E-state index in [2.05, 4.69) is 27.1 Å². The number of amides is 1. The quantitative estimate of drug-likeness (QED) is 0.647. The highest BCUT2D eigenvalue weighted by Crippen LogP contribution is 2.14. The number of nitrogens with one attached hydrogen (secondary N) is 1. The summed E-state index contributed by atoms with van der Waals surface area (Å²) in [4.78, 5) is 28.8. The number of aryl methyl sites for hydroxylation is 1. The molecule has 1 aromatic carbocycles. The average Bonchev–Trinajstić information content (AvgIpc) is 3.11. The number of benzene rings is 1. The van der Waals surface area contributed by atoms with E-state index in [0.717, 1.165) is 17.1 Å². The Morgan fingerprint density at radius 2 is 2.24 bits per heavy atom. The standard InChI is InChI=1S/C18H19N3O2S2/c1-13-3-2-4-15-17(13)20-12-21(18(15)23)9-16(22)19-6-8-25-11-14-5-7-24-10-14/h2-5,7,10,12H,6,8-9,11H2,1H3,(H,19,22). The molecule has 5 nitrogen and oxygen atoms in total. The molecule has 0 fully saturated rings. The summed E-state index contributed by atoms with van der Waals surface area (Å²) in [5.41, 5.74) is 2.77. The van der Waals surface area contributed by atoms with Gasteiger partial charge in [0, 0.05) is 18.1 Å². The third kappa shape index (κ3) is 4.49. The van der Waals surface area contributed by atoms with E-state index in [4.69, 9.17) is 0 Å². The van der Waals surface area contributed by atoms with Crippen molar-refractivity contribution >= 4 is 39.9 Å². The van der Waals surface area contributed by atoms with Gasteiger partial charge < -0.3 is 5.32 Å². The summed E-state index contributed by atoms with van der Waals surface area (Å²) in [7, 11) is 0. The van der Waals surface area contributed by atoms with Crippen LogP contribution in [0.4, 0.5) is 0 Å². The molecule has 1 N–H and O–H groups in total. The zero-order valence-electron chi connectivity index (χ0n) is 13.9. The molecular formula is C18H19N3O2S2. The molecule has 0 unspecified atom stereocenters. The van der Waals surface area contributed by atoms with E-state index in [1.807, 2.05) is 19.1 Å². The van der Waals surface area contributed by atoms with Gasteiger partial charge in [0.2, 0.25) is 5.91 Å². The van der Waals surface area contributed by atoms with Gasteiger partial charge in [-0.25, -0.2) is 4.98 Å². The van der Waals surface area contributed by atoms with E-state index in [-0.39, 0.29) is 18.0 Å². The lowest BCUT2D eigenvalue weighted by molar-refractivity contribution is -0.121. The number of thioether (sulfide) groups is 1. The number of hydrogen-bond acceptors (Lipinski definition) is 5. The lowest BCUT2D eigenvalue weighted by atomic mass is 10.1. The molecule has 1 amide bonds. The van der Waals surface area contributed by atoms with E-state index < -0.39 is 0 Å². The van der Waals surface area contributed by atoms with Gasteiger partial charge in [-0.05, 0) is 40.9 Å². The van der Waals surface area contributed by atoms with E-state index in [0.29, 0.717) is 17.4 Å². The van der Waals surface area contributed by atoms with Crippen molar-refractivity contribution in [1.82, 2.24) is 14.9 Å². The lowest BCUT2D eigenvalue weighted by Crippen LogP contribution is -2.33. The molecule has 3 rings (SSSR count). The fraction of sp³-hybridized carbons (Fsp3) is 0.278. The Balaban J connectivity index is 1.52. The van der Waals surface area contributed by atoms with Gasteiger partial charge in [-0.15, -0.1) is 0 Å². The highest BCUT2D eigenvalue weighted by atomic mass is 32.2. The molecule has 0 aliphatic heterocycles. The molecule has 0 saturated heterocycles. The molecule has 2 aromatic heterocycles. The predicted octanol–water partition coefficient (Wildman–Crippen LogP) is 2.82. The maximum Gasteiger partial charge on any atom is 0.261 e. The maximum absolute atomic E-state index is 12.5. The summed E-state index contributed by atoms with van der Waals surface area (Å²) >= 11 is 3.47. The highest BCUT2D eigenvalue weighted by Gasteiger charge is 2.09. The third-order valence-corrected chi connectivity index (χ3v) is 5.55. The van der Waals surface area contributed by atoms with Gasteiger partial charge in [-0.2, -0.15) is 23.1 Å². The fourth-order valence-corrected chi connectivity index (χ4v) is 4.07. The first-order chi connectivity index (χ1) is 12.1. The number of aromatic nitrogens is 2. The first-order valence-electron chi connectivity index (χ1n) is 7.95. The zero-order valence-corrected chi connectivity index (χ0v) is 15.5. The van der Waals surface area contributed by atoms with Crippen molar-refractivity contribution in [3.63, 3.8) is 0 Å². The van der Waals surface area contributed by atoms with Gasteiger partial charge in [-0.3, -0.25) is 14.2 Å². The molecule has 0 aliphatic rings. The average molecular weight is 374 g/mol. The second-order valence-corrected chi connectivity index (χ2v) is 7.57. The number of fused-ring (bicyclic) bond motifs is 1. The molecular weight excluding hydrogens is 354 g/mol. The molecule has 0 radical (unpaired) electrons. The molecule has 7 heteroatoms. The summed E-state index contributed by atoms with van der Waals surface area (Å²) in [5, 5.41) is 7.59. The first-order valence-corrected chi connectivity index (χ1v) is 10.0. The van der Waals surface area contributed by atoms with Crippen LogP contribution in [0.5, 0.6) is 0 Å². The van der Waals surface area contributed by atoms with Crippen molar-refractivity contribution in [2.24, 2.45) is 0 Å². The molecule has 0 spiro atoms. The van der Waals surface area contributed by atoms with Crippen LogP contribution in [-0.4, -0.2) is 27.8 Å². The Morgan fingerprint density at radius 1 is 1.36 bits per heavy atom. The van der Waals surface area contributed by atoms with Crippen LogP contribution in [0.2, 0.25) is 0 Å². The van der Waals surface area contributed by atoms with Crippen LogP contribution < -0.4 is 10.9 Å². The van der Waals surface area contributed by atoms with Crippen LogP contribution in [0.15, 0.2) is 46.1 Å². The smallest absolute Gasteiger partial charge is 0.261 e. The van der Waals surface area contributed by atoms with Gasteiger partial charge in [0.05, 0.1) is 17.2 Å². The summed E-state index contributed by atoms with van der Waals surface area (Å²) < 4.78 is 1.36. The highest BCUT2D eigenvalue weighted by molar-refractivity contribution is 7.98. The van der Waals surface area contributed by atoms with Crippen molar-refractivity contribution < 1.29 is 4.79 Å². The number of hydrogen-bond donors (Lipinski definition) is 1. The number of carbonyl (C=O) groups is 1. The van der Waals surface area contributed by atoms with Gasteiger partial charge >= 0.3 is 0 Å². The second-order valence-electron chi connectivity index (χ2n) is 5.68.